The van der Waals surface area contributed by atoms with E-state index in [4.69, 9.17) is 0 Å². The van der Waals surface area contributed by atoms with Crippen LogP contribution in [0.3, 0.4) is 0 Å². The standard InChI is InChI=1S/C11H17F3N2O2S/c1-6(2)8-9(17)15-7(3)10(18)16(8)4-5-19-11(12,13)14/h6-8H,4-5H2,1-3H3,(H,15,17). The monoisotopic (exact) mass is 298 g/mol. The molecule has 1 aliphatic heterocycles. The number of carbonyl (C=O) groups excluding carboxylic acids is 2. The number of carbonyl (C=O) groups is 2. The van der Waals surface area contributed by atoms with Crippen LogP contribution in [0.15, 0.2) is 0 Å². The number of thioether (sulfide) groups is 1. The zero-order chi connectivity index (χ0) is 14.8. The van der Waals surface area contributed by atoms with Crippen LogP contribution in [0, 0.1) is 5.92 Å². The van der Waals surface area contributed by atoms with Crippen molar-refractivity contribution in [1.29, 1.82) is 0 Å². The fourth-order valence-corrected chi connectivity index (χ4v) is 2.58. The maximum Gasteiger partial charge on any atom is 0.441 e. The van der Waals surface area contributed by atoms with Gasteiger partial charge in [0.25, 0.3) is 0 Å². The molecule has 1 saturated heterocycles. The number of hydrogen-bond acceptors (Lipinski definition) is 3. The summed E-state index contributed by atoms with van der Waals surface area (Å²) in [5.41, 5.74) is -4.32. The van der Waals surface area contributed by atoms with E-state index < -0.39 is 17.6 Å². The van der Waals surface area contributed by atoms with E-state index in [-0.39, 0.29) is 41.8 Å². The van der Waals surface area contributed by atoms with Crippen molar-refractivity contribution >= 4 is 23.6 Å². The molecule has 4 nitrogen and oxygen atoms in total. The van der Waals surface area contributed by atoms with Crippen LogP contribution in [0.2, 0.25) is 0 Å². The van der Waals surface area contributed by atoms with Gasteiger partial charge in [-0.25, -0.2) is 0 Å². The molecule has 0 bridgehead atoms. The molecule has 0 radical (unpaired) electrons. The van der Waals surface area contributed by atoms with E-state index in [1.165, 1.54) is 11.8 Å². The van der Waals surface area contributed by atoms with Crippen LogP contribution in [0.4, 0.5) is 13.2 Å². The van der Waals surface area contributed by atoms with E-state index >= 15 is 0 Å². The number of halogens is 3. The molecule has 0 aromatic carbocycles. The predicted molar refractivity (Wildman–Crippen MR) is 66.5 cm³/mol. The predicted octanol–water partition coefficient (Wildman–Crippen LogP) is 1.61. The molecule has 110 valence electrons. The van der Waals surface area contributed by atoms with Crippen molar-refractivity contribution in [3.05, 3.63) is 0 Å². The first kappa shape index (κ1) is 16.1. The van der Waals surface area contributed by atoms with Crippen molar-refractivity contribution in [3.8, 4) is 0 Å². The van der Waals surface area contributed by atoms with Crippen LogP contribution in [0.1, 0.15) is 20.8 Å². The molecule has 2 atom stereocenters. The van der Waals surface area contributed by atoms with E-state index in [1.54, 1.807) is 13.8 Å². The summed E-state index contributed by atoms with van der Waals surface area (Å²) in [5, 5.41) is 2.54. The van der Waals surface area contributed by atoms with Crippen molar-refractivity contribution in [2.75, 3.05) is 12.3 Å². The smallest absolute Gasteiger partial charge is 0.343 e. The lowest BCUT2D eigenvalue weighted by Gasteiger charge is -2.39. The number of nitrogens with one attached hydrogen (secondary N) is 1. The Hall–Kier alpha value is -0.920. The summed E-state index contributed by atoms with van der Waals surface area (Å²) < 4.78 is 36.3. The fraction of sp³-hybridized carbons (Fsp3) is 0.818. The van der Waals surface area contributed by atoms with Gasteiger partial charge in [-0.2, -0.15) is 13.2 Å². The molecule has 0 aromatic heterocycles. The van der Waals surface area contributed by atoms with Crippen LogP contribution < -0.4 is 5.32 Å². The third-order valence-corrected chi connectivity index (χ3v) is 3.56. The van der Waals surface area contributed by atoms with Gasteiger partial charge in [0, 0.05) is 12.3 Å². The van der Waals surface area contributed by atoms with Crippen molar-refractivity contribution in [3.63, 3.8) is 0 Å². The number of piperazine rings is 1. The maximum absolute atomic E-state index is 12.1. The highest BCUT2D eigenvalue weighted by atomic mass is 32.2. The van der Waals surface area contributed by atoms with E-state index in [2.05, 4.69) is 5.32 Å². The molecule has 0 aromatic rings. The van der Waals surface area contributed by atoms with E-state index in [9.17, 15) is 22.8 Å². The van der Waals surface area contributed by atoms with Gasteiger partial charge in [-0.05, 0) is 24.6 Å². The molecule has 0 aliphatic carbocycles. The zero-order valence-corrected chi connectivity index (χ0v) is 11.8. The van der Waals surface area contributed by atoms with Crippen LogP contribution in [-0.2, 0) is 9.59 Å². The molecule has 8 heteroatoms. The van der Waals surface area contributed by atoms with Gasteiger partial charge in [-0.1, -0.05) is 13.8 Å². The third-order valence-electron chi connectivity index (χ3n) is 2.85. The van der Waals surface area contributed by atoms with Crippen molar-refractivity contribution < 1.29 is 22.8 Å². The Morgan fingerprint density at radius 1 is 1.37 bits per heavy atom. The zero-order valence-electron chi connectivity index (χ0n) is 11.0. The maximum atomic E-state index is 12.1. The summed E-state index contributed by atoms with van der Waals surface area (Å²) in [4.78, 5) is 25.0. The lowest BCUT2D eigenvalue weighted by molar-refractivity contribution is -0.150. The summed E-state index contributed by atoms with van der Waals surface area (Å²) >= 11 is -0.180. The Kier molecular flexibility index (Phi) is 5.11. The molecule has 1 N–H and O–H groups in total. The number of alkyl halides is 3. The van der Waals surface area contributed by atoms with Crippen LogP contribution >= 0.6 is 11.8 Å². The average Bonchev–Trinajstić information content (AvgIpc) is 2.22. The molecule has 1 heterocycles. The van der Waals surface area contributed by atoms with Crippen molar-refractivity contribution in [2.24, 2.45) is 5.92 Å². The minimum Gasteiger partial charge on any atom is -0.343 e. The average molecular weight is 298 g/mol. The lowest BCUT2D eigenvalue weighted by atomic mass is 9.97. The van der Waals surface area contributed by atoms with Crippen LogP contribution in [-0.4, -0.2) is 46.6 Å². The highest BCUT2D eigenvalue weighted by Gasteiger charge is 2.40. The Labute approximate surface area is 114 Å². The van der Waals surface area contributed by atoms with Gasteiger partial charge in [0.05, 0.1) is 0 Å². The second-order valence-electron chi connectivity index (χ2n) is 4.74. The Bertz CT molecular complexity index is 360. The molecule has 1 fully saturated rings. The number of nitrogens with zero attached hydrogens (tertiary/aromatic N) is 1. The topological polar surface area (TPSA) is 49.4 Å². The molecular formula is C11H17F3N2O2S. The first-order chi connectivity index (χ1) is 8.63. The molecule has 19 heavy (non-hydrogen) atoms. The summed E-state index contributed by atoms with van der Waals surface area (Å²) in [7, 11) is 0. The SMILES string of the molecule is CC1NC(=O)C(C(C)C)N(CCSC(F)(F)F)C1=O. The largest absolute Gasteiger partial charge is 0.441 e. The van der Waals surface area contributed by atoms with Gasteiger partial charge in [0.1, 0.15) is 12.1 Å². The first-order valence-electron chi connectivity index (χ1n) is 5.95. The number of amides is 2. The first-order valence-corrected chi connectivity index (χ1v) is 6.93. The van der Waals surface area contributed by atoms with Crippen molar-refractivity contribution in [2.45, 2.75) is 38.4 Å². The lowest BCUT2D eigenvalue weighted by Crippen LogP contribution is -2.64. The van der Waals surface area contributed by atoms with Gasteiger partial charge in [0.2, 0.25) is 11.8 Å². The Morgan fingerprint density at radius 2 is 1.95 bits per heavy atom. The van der Waals surface area contributed by atoms with Gasteiger partial charge in [-0.15, -0.1) is 0 Å². The van der Waals surface area contributed by atoms with Gasteiger partial charge in [0.15, 0.2) is 0 Å². The quantitative estimate of drug-likeness (QED) is 0.858. The minimum atomic E-state index is -4.32. The summed E-state index contributed by atoms with van der Waals surface area (Å²) in [6, 6.07) is -1.38. The Morgan fingerprint density at radius 3 is 2.42 bits per heavy atom. The molecule has 0 spiro atoms. The van der Waals surface area contributed by atoms with Crippen LogP contribution in [0.5, 0.6) is 0 Å². The Balaban J connectivity index is 2.73. The molecule has 2 unspecified atom stereocenters. The molecular weight excluding hydrogens is 281 g/mol. The van der Waals surface area contributed by atoms with E-state index in [0.717, 1.165) is 0 Å². The van der Waals surface area contributed by atoms with Crippen LogP contribution in [0.25, 0.3) is 0 Å². The molecule has 2 amide bonds. The van der Waals surface area contributed by atoms with E-state index in [0.29, 0.717) is 0 Å². The summed E-state index contributed by atoms with van der Waals surface area (Å²) in [6.45, 7) is 4.97. The summed E-state index contributed by atoms with van der Waals surface area (Å²) in [5.74, 6) is -1.05. The third kappa shape index (κ3) is 4.29. The number of hydrogen-bond donors (Lipinski definition) is 1. The number of rotatable bonds is 4. The normalized spacial score (nSPS) is 24.9. The second kappa shape index (κ2) is 6.02. The molecule has 0 saturated carbocycles. The molecule has 1 rings (SSSR count). The highest BCUT2D eigenvalue weighted by molar-refractivity contribution is 8.00. The minimum absolute atomic E-state index is 0.0797. The van der Waals surface area contributed by atoms with Gasteiger partial charge in [-0.3, -0.25) is 9.59 Å². The highest BCUT2D eigenvalue weighted by Crippen LogP contribution is 2.30. The van der Waals surface area contributed by atoms with Gasteiger partial charge < -0.3 is 10.2 Å². The second-order valence-corrected chi connectivity index (χ2v) is 5.90. The molecule has 1 aliphatic rings. The van der Waals surface area contributed by atoms with E-state index in [1.807, 2.05) is 0 Å². The van der Waals surface area contributed by atoms with Crippen molar-refractivity contribution in [1.82, 2.24) is 10.2 Å². The summed E-state index contributed by atoms with van der Waals surface area (Å²) in [6.07, 6.45) is 0. The van der Waals surface area contributed by atoms with Gasteiger partial charge >= 0.3 is 5.51 Å². The fourth-order valence-electron chi connectivity index (χ4n) is 2.06.